The lowest BCUT2D eigenvalue weighted by Gasteiger charge is -2.11. The van der Waals surface area contributed by atoms with Crippen molar-refractivity contribution in [3.05, 3.63) is 60.8 Å². The van der Waals surface area contributed by atoms with E-state index in [-0.39, 0.29) is 11.6 Å². The third kappa shape index (κ3) is 4.39. The van der Waals surface area contributed by atoms with Gasteiger partial charge in [-0.3, -0.25) is 0 Å². The van der Waals surface area contributed by atoms with E-state index in [2.05, 4.69) is 27.6 Å². The molecule has 1 aliphatic rings. The second-order valence-corrected chi connectivity index (χ2v) is 7.49. The summed E-state index contributed by atoms with van der Waals surface area (Å²) >= 11 is 14.6. The van der Waals surface area contributed by atoms with Crippen LogP contribution in [0.3, 0.4) is 0 Å². The van der Waals surface area contributed by atoms with Gasteiger partial charge in [-0.15, -0.1) is 0 Å². The second kappa shape index (κ2) is 8.50. The summed E-state index contributed by atoms with van der Waals surface area (Å²) in [7, 11) is 1.52. The maximum atomic E-state index is 12.2. The van der Waals surface area contributed by atoms with Crippen molar-refractivity contribution in [1.29, 1.82) is 0 Å². The fourth-order valence-electron chi connectivity index (χ4n) is 2.45. The Labute approximate surface area is 180 Å². The van der Waals surface area contributed by atoms with Gasteiger partial charge in [-0.2, -0.15) is 0 Å². The van der Waals surface area contributed by atoms with Crippen LogP contribution in [0, 0.1) is 3.57 Å². The van der Waals surface area contributed by atoms with E-state index in [0.717, 1.165) is 3.57 Å². The summed E-state index contributed by atoms with van der Waals surface area (Å²) in [5.41, 5.74) is 1.33. The number of hydrogen-bond donors (Lipinski definition) is 0. The highest BCUT2D eigenvalue weighted by molar-refractivity contribution is 14.1. The van der Waals surface area contributed by atoms with Crippen LogP contribution in [-0.2, 0) is 9.53 Å². The minimum absolute atomic E-state index is 0.141. The zero-order valence-electron chi connectivity index (χ0n) is 14.4. The maximum absolute atomic E-state index is 12.2. The van der Waals surface area contributed by atoms with Gasteiger partial charge in [0.05, 0.1) is 29.3 Å². The SMILES string of the molecule is CCOc1c(Cl)cc(/C=C2\N=C(c3cc(I)ccc3Cl)OC2=O)cc1OC. The Morgan fingerprint density at radius 3 is 2.70 bits per heavy atom. The fraction of sp³-hybridized carbons (Fsp3) is 0.158. The van der Waals surface area contributed by atoms with Crippen molar-refractivity contribution in [2.75, 3.05) is 13.7 Å². The molecule has 0 fully saturated rings. The molecule has 1 aliphatic heterocycles. The first kappa shape index (κ1) is 20.0. The lowest BCUT2D eigenvalue weighted by Crippen LogP contribution is -2.06. The van der Waals surface area contributed by atoms with Gasteiger partial charge in [0.2, 0.25) is 5.90 Å². The van der Waals surface area contributed by atoms with E-state index in [1.165, 1.54) is 7.11 Å². The molecule has 0 bridgehead atoms. The first-order valence-corrected chi connectivity index (χ1v) is 9.74. The Morgan fingerprint density at radius 1 is 1.22 bits per heavy atom. The zero-order chi connectivity index (χ0) is 19.6. The predicted octanol–water partition coefficient (Wildman–Crippen LogP) is 5.35. The highest BCUT2D eigenvalue weighted by Gasteiger charge is 2.26. The normalized spacial score (nSPS) is 14.9. The Kier molecular flexibility index (Phi) is 6.29. The number of nitrogens with zero attached hydrogens (tertiary/aromatic N) is 1. The zero-order valence-corrected chi connectivity index (χ0v) is 18.1. The molecule has 0 unspecified atom stereocenters. The number of carbonyl (C=O) groups excluding carboxylic acids is 1. The monoisotopic (exact) mass is 517 g/mol. The summed E-state index contributed by atoms with van der Waals surface area (Å²) in [5.74, 6) is 0.516. The van der Waals surface area contributed by atoms with Crippen LogP contribution in [0.5, 0.6) is 11.5 Å². The van der Waals surface area contributed by atoms with Gasteiger partial charge in [0.1, 0.15) is 0 Å². The Hall–Kier alpha value is -1.77. The van der Waals surface area contributed by atoms with Crippen molar-refractivity contribution in [3.63, 3.8) is 0 Å². The number of halogens is 3. The summed E-state index contributed by atoms with van der Waals surface area (Å²) in [6, 6.07) is 8.77. The summed E-state index contributed by atoms with van der Waals surface area (Å²) < 4.78 is 17.0. The number of methoxy groups -OCH3 is 1. The average molecular weight is 518 g/mol. The molecule has 0 saturated heterocycles. The van der Waals surface area contributed by atoms with Crippen molar-refractivity contribution in [2.24, 2.45) is 4.99 Å². The van der Waals surface area contributed by atoms with Crippen LogP contribution < -0.4 is 9.47 Å². The molecule has 0 N–H and O–H groups in total. The first-order chi connectivity index (χ1) is 12.9. The van der Waals surface area contributed by atoms with Gasteiger partial charge in [-0.1, -0.05) is 23.2 Å². The van der Waals surface area contributed by atoms with E-state index >= 15 is 0 Å². The third-order valence-corrected chi connectivity index (χ3v) is 4.90. The van der Waals surface area contributed by atoms with Gasteiger partial charge in [0, 0.05) is 3.57 Å². The highest BCUT2D eigenvalue weighted by atomic mass is 127. The number of ether oxygens (including phenoxy) is 3. The fourth-order valence-corrected chi connectivity index (χ4v) is 3.41. The molecule has 27 heavy (non-hydrogen) atoms. The van der Waals surface area contributed by atoms with E-state index < -0.39 is 5.97 Å². The van der Waals surface area contributed by atoms with Gasteiger partial charge in [0.25, 0.3) is 0 Å². The van der Waals surface area contributed by atoms with Gasteiger partial charge in [-0.05, 0) is 71.5 Å². The predicted molar refractivity (Wildman–Crippen MR) is 114 cm³/mol. The number of aliphatic imine (C=N–C) groups is 1. The molecule has 1 heterocycles. The van der Waals surface area contributed by atoms with E-state index in [0.29, 0.717) is 39.3 Å². The van der Waals surface area contributed by atoms with Gasteiger partial charge < -0.3 is 14.2 Å². The van der Waals surface area contributed by atoms with E-state index in [1.54, 1.807) is 30.3 Å². The molecule has 2 aromatic carbocycles. The molecule has 0 radical (unpaired) electrons. The summed E-state index contributed by atoms with van der Waals surface area (Å²) in [5, 5.41) is 0.827. The Balaban J connectivity index is 2.00. The minimum atomic E-state index is -0.566. The molecule has 0 amide bonds. The lowest BCUT2D eigenvalue weighted by molar-refractivity contribution is -0.129. The van der Waals surface area contributed by atoms with Crippen molar-refractivity contribution in [2.45, 2.75) is 6.92 Å². The number of carbonyl (C=O) groups is 1. The molecule has 0 spiro atoms. The smallest absolute Gasteiger partial charge is 0.363 e. The summed E-state index contributed by atoms with van der Waals surface area (Å²) in [6.45, 7) is 2.31. The number of hydrogen-bond acceptors (Lipinski definition) is 5. The quantitative estimate of drug-likeness (QED) is 0.305. The average Bonchev–Trinajstić information content (AvgIpc) is 2.99. The number of rotatable bonds is 5. The van der Waals surface area contributed by atoms with Crippen molar-refractivity contribution < 1.29 is 19.0 Å². The largest absolute Gasteiger partial charge is 0.493 e. The Morgan fingerprint density at radius 2 is 2.00 bits per heavy atom. The number of benzene rings is 2. The summed E-state index contributed by atoms with van der Waals surface area (Å²) in [6.07, 6.45) is 1.57. The van der Waals surface area contributed by atoms with E-state index in [1.807, 2.05) is 13.0 Å². The standard InChI is InChI=1S/C19H14Cl2INO4/c1-3-26-17-14(21)6-10(8-16(17)25-2)7-15-19(24)27-18(23-15)12-9-11(22)4-5-13(12)20/h4-9H,3H2,1-2H3/b15-7-. The van der Waals surface area contributed by atoms with Gasteiger partial charge >= 0.3 is 5.97 Å². The molecule has 8 heteroatoms. The molecule has 3 rings (SSSR count). The molecule has 2 aromatic rings. The molecular formula is C19H14Cl2INO4. The Bertz CT molecular complexity index is 972. The first-order valence-electron chi connectivity index (χ1n) is 7.91. The second-order valence-electron chi connectivity index (χ2n) is 5.43. The molecule has 0 aromatic heterocycles. The van der Waals surface area contributed by atoms with Crippen LogP contribution in [0.2, 0.25) is 10.0 Å². The molecular weight excluding hydrogens is 504 g/mol. The number of cyclic esters (lactones) is 1. The van der Waals surface area contributed by atoms with Crippen molar-refractivity contribution in [1.82, 2.24) is 0 Å². The van der Waals surface area contributed by atoms with E-state index in [4.69, 9.17) is 37.4 Å². The van der Waals surface area contributed by atoms with Crippen LogP contribution in [-0.4, -0.2) is 25.6 Å². The third-order valence-electron chi connectivity index (χ3n) is 3.62. The van der Waals surface area contributed by atoms with Crippen LogP contribution in [0.25, 0.3) is 6.08 Å². The highest BCUT2D eigenvalue weighted by Crippen LogP contribution is 2.37. The molecule has 0 aliphatic carbocycles. The van der Waals surface area contributed by atoms with Gasteiger partial charge in [-0.25, -0.2) is 9.79 Å². The maximum Gasteiger partial charge on any atom is 0.363 e. The van der Waals surface area contributed by atoms with Crippen molar-refractivity contribution >= 4 is 63.7 Å². The van der Waals surface area contributed by atoms with Crippen LogP contribution in [0.15, 0.2) is 41.0 Å². The van der Waals surface area contributed by atoms with Crippen LogP contribution >= 0.6 is 45.8 Å². The van der Waals surface area contributed by atoms with Crippen LogP contribution in [0.4, 0.5) is 0 Å². The number of esters is 1. The van der Waals surface area contributed by atoms with E-state index in [9.17, 15) is 4.79 Å². The molecule has 5 nitrogen and oxygen atoms in total. The molecule has 0 saturated carbocycles. The summed E-state index contributed by atoms with van der Waals surface area (Å²) in [4.78, 5) is 16.5. The minimum Gasteiger partial charge on any atom is -0.493 e. The molecule has 140 valence electrons. The lowest BCUT2D eigenvalue weighted by atomic mass is 10.1. The molecule has 0 atom stereocenters. The topological polar surface area (TPSA) is 57.1 Å². The van der Waals surface area contributed by atoms with Crippen molar-refractivity contribution in [3.8, 4) is 11.5 Å². The van der Waals surface area contributed by atoms with Gasteiger partial charge in [0.15, 0.2) is 17.2 Å². The van der Waals surface area contributed by atoms with Crippen LogP contribution in [0.1, 0.15) is 18.1 Å².